The zero-order valence-electron chi connectivity index (χ0n) is 23.2. The lowest BCUT2D eigenvalue weighted by Crippen LogP contribution is -2.57. The van der Waals surface area contributed by atoms with Gasteiger partial charge in [-0.2, -0.15) is 0 Å². The summed E-state index contributed by atoms with van der Waals surface area (Å²) in [4.78, 5) is 63.5. The number of benzene rings is 3. The van der Waals surface area contributed by atoms with Gasteiger partial charge in [0.15, 0.2) is 0 Å². The van der Waals surface area contributed by atoms with Crippen LogP contribution in [0.25, 0.3) is 0 Å². The van der Waals surface area contributed by atoms with Crippen LogP contribution in [0, 0.1) is 0 Å². The first-order valence-electron chi connectivity index (χ1n) is 13.3. The topological polar surface area (TPSA) is 166 Å². The molecule has 0 saturated carbocycles. The van der Waals surface area contributed by atoms with Gasteiger partial charge in [0.05, 0.1) is 13.5 Å². The summed E-state index contributed by atoms with van der Waals surface area (Å²) in [6.45, 7) is -0.0625. The van der Waals surface area contributed by atoms with E-state index in [1.54, 1.807) is 66.7 Å². The molecular formula is C31H34N4O7. The van der Waals surface area contributed by atoms with Crippen molar-refractivity contribution in [2.45, 2.75) is 44.0 Å². The number of hydrogen-bond donors (Lipinski definition) is 4. The molecule has 3 aromatic carbocycles. The molecule has 3 atom stereocenters. The van der Waals surface area contributed by atoms with E-state index < -0.39 is 54.3 Å². The Bertz CT molecular complexity index is 1340. The first kappa shape index (κ1) is 31.3. The highest BCUT2D eigenvalue weighted by Gasteiger charge is 2.31. The Kier molecular flexibility index (Phi) is 12.1. The van der Waals surface area contributed by atoms with E-state index in [0.29, 0.717) is 0 Å². The Morgan fingerprint density at radius 2 is 1.10 bits per heavy atom. The quantitative estimate of drug-likeness (QED) is 0.213. The van der Waals surface area contributed by atoms with E-state index in [-0.39, 0.29) is 19.4 Å². The number of carbonyl (C=O) groups excluding carboxylic acids is 5. The Hall–Kier alpha value is -5.19. The Labute approximate surface area is 243 Å². The summed E-state index contributed by atoms with van der Waals surface area (Å²) < 4.78 is 10.1. The van der Waals surface area contributed by atoms with Crippen LogP contribution in [0.4, 0.5) is 4.79 Å². The maximum absolute atomic E-state index is 13.5. The molecular weight excluding hydrogens is 540 g/mol. The van der Waals surface area contributed by atoms with E-state index >= 15 is 0 Å². The SMILES string of the molecule is COC(=O)C(Cc1ccccc1)NC(=O)C(Cc1ccccc1)NC(=O)C(CC(N)=O)NC(=O)OCc1ccccc1. The molecule has 11 nitrogen and oxygen atoms in total. The molecule has 0 fully saturated rings. The molecule has 0 aliphatic rings. The summed E-state index contributed by atoms with van der Waals surface area (Å²) in [5.74, 6) is -3.01. The molecule has 11 heteroatoms. The third-order valence-corrected chi connectivity index (χ3v) is 6.23. The van der Waals surface area contributed by atoms with Gasteiger partial charge in [-0.3, -0.25) is 14.4 Å². The number of esters is 1. The normalized spacial score (nSPS) is 12.6. The van der Waals surface area contributed by atoms with Crippen LogP contribution in [0.5, 0.6) is 0 Å². The van der Waals surface area contributed by atoms with Crippen molar-refractivity contribution in [3.63, 3.8) is 0 Å². The standard InChI is InChI=1S/C31H34N4O7/c1-41-30(39)26(18-22-13-7-3-8-14-22)34-28(37)24(17-21-11-5-2-6-12-21)33-29(38)25(19-27(32)36)35-31(40)42-20-23-15-9-4-10-16-23/h2-16,24-26H,17-20H2,1H3,(H2,32,36)(H,33,38)(H,34,37)(H,35,40). The second kappa shape index (κ2) is 16.2. The fraction of sp³-hybridized carbons (Fsp3) is 0.258. The lowest BCUT2D eigenvalue weighted by Gasteiger charge is -2.24. The van der Waals surface area contributed by atoms with Gasteiger partial charge in [-0.1, -0.05) is 91.0 Å². The van der Waals surface area contributed by atoms with Gasteiger partial charge in [-0.25, -0.2) is 9.59 Å². The fourth-order valence-electron chi connectivity index (χ4n) is 4.11. The van der Waals surface area contributed by atoms with E-state index in [2.05, 4.69) is 16.0 Å². The summed E-state index contributed by atoms with van der Waals surface area (Å²) >= 11 is 0. The molecule has 4 amide bonds. The van der Waals surface area contributed by atoms with Crippen molar-refractivity contribution in [1.82, 2.24) is 16.0 Å². The summed E-state index contributed by atoms with van der Waals surface area (Å²) in [6, 6.07) is 23.2. The first-order valence-corrected chi connectivity index (χ1v) is 13.3. The van der Waals surface area contributed by atoms with Crippen molar-refractivity contribution in [2.24, 2.45) is 5.73 Å². The van der Waals surface area contributed by atoms with Gasteiger partial charge >= 0.3 is 12.1 Å². The second-order valence-electron chi connectivity index (χ2n) is 9.45. The first-order chi connectivity index (χ1) is 20.2. The summed E-state index contributed by atoms with van der Waals surface area (Å²) in [5, 5.41) is 7.61. The molecule has 5 N–H and O–H groups in total. The van der Waals surface area contributed by atoms with Crippen molar-refractivity contribution in [3.05, 3.63) is 108 Å². The van der Waals surface area contributed by atoms with E-state index in [4.69, 9.17) is 15.2 Å². The van der Waals surface area contributed by atoms with Gasteiger partial charge in [0, 0.05) is 12.8 Å². The molecule has 220 valence electrons. The van der Waals surface area contributed by atoms with Crippen LogP contribution in [0.3, 0.4) is 0 Å². The minimum absolute atomic E-state index is 0.0549. The third-order valence-electron chi connectivity index (χ3n) is 6.23. The van der Waals surface area contributed by atoms with Crippen LogP contribution in [0.15, 0.2) is 91.0 Å². The van der Waals surface area contributed by atoms with Gasteiger partial charge < -0.3 is 31.2 Å². The van der Waals surface area contributed by atoms with Crippen molar-refractivity contribution < 1.29 is 33.4 Å². The largest absolute Gasteiger partial charge is 0.467 e. The van der Waals surface area contributed by atoms with Gasteiger partial charge in [0.25, 0.3) is 0 Å². The molecule has 0 bridgehead atoms. The van der Waals surface area contributed by atoms with Gasteiger partial charge in [-0.15, -0.1) is 0 Å². The number of hydrogen-bond acceptors (Lipinski definition) is 7. The van der Waals surface area contributed by atoms with Gasteiger partial charge in [-0.05, 0) is 16.7 Å². The van der Waals surface area contributed by atoms with Crippen molar-refractivity contribution in [1.29, 1.82) is 0 Å². The summed E-state index contributed by atoms with van der Waals surface area (Å²) in [5.41, 5.74) is 7.56. The van der Waals surface area contributed by atoms with Crippen LogP contribution in [0.1, 0.15) is 23.1 Å². The maximum atomic E-state index is 13.5. The van der Waals surface area contributed by atoms with Gasteiger partial charge in [0.1, 0.15) is 24.7 Å². The van der Waals surface area contributed by atoms with Crippen LogP contribution in [0.2, 0.25) is 0 Å². The Balaban J connectivity index is 1.75. The molecule has 0 aliphatic carbocycles. The smallest absolute Gasteiger partial charge is 0.408 e. The molecule has 0 radical (unpaired) electrons. The lowest BCUT2D eigenvalue weighted by molar-refractivity contribution is -0.145. The minimum atomic E-state index is -1.42. The van der Waals surface area contributed by atoms with Gasteiger partial charge in [0.2, 0.25) is 17.7 Å². The summed E-state index contributed by atoms with van der Waals surface area (Å²) in [6.07, 6.45) is -1.27. The van der Waals surface area contributed by atoms with Crippen LogP contribution < -0.4 is 21.7 Å². The van der Waals surface area contributed by atoms with Crippen molar-refractivity contribution in [3.8, 4) is 0 Å². The Morgan fingerprint density at radius 1 is 0.643 bits per heavy atom. The number of nitrogens with two attached hydrogens (primary N) is 1. The number of carbonyl (C=O) groups is 5. The predicted octanol–water partition coefficient (Wildman–Crippen LogP) is 1.78. The number of alkyl carbamates (subject to hydrolysis) is 1. The van der Waals surface area contributed by atoms with Crippen LogP contribution in [-0.2, 0) is 48.1 Å². The van der Waals surface area contributed by atoms with Crippen molar-refractivity contribution >= 4 is 29.8 Å². The van der Waals surface area contributed by atoms with E-state index in [9.17, 15) is 24.0 Å². The predicted molar refractivity (Wildman–Crippen MR) is 154 cm³/mol. The molecule has 0 saturated heterocycles. The average molecular weight is 575 g/mol. The highest BCUT2D eigenvalue weighted by Crippen LogP contribution is 2.09. The van der Waals surface area contributed by atoms with Crippen LogP contribution >= 0.6 is 0 Å². The monoisotopic (exact) mass is 574 g/mol. The minimum Gasteiger partial charge on any atom is -0.467 e. The third kappa shape index (κ3) is 10.4. The maximum Gasteiger partial charge on any atom is 0.408 e. The van der Waals surface area contributed by atoms with E-state index in [1.807, 2.05) is 24.3 Å². The zero-order chi connectivity index (χ0) is 30.3. The molecule has 3 unspecified atom stereocenters. The van der Waals surface area contributed by atoms with E-state index in [1.165, 1.54) is 7.11 Å². The number of methoxy groups -OCH3 is 1. The molecule has 0 spiro atoms. The number of amides is 4. The number of primary amides is 1. The highest BCUT2D eigenvalue weighted by molar-refractivity contribution is 5.95. The number of ether oxygens (including phenoxy) is 2. The van der Waals surface area contributed by atoms with E-state index in [0.717, 1.165) is 16.7 Å². The lowest BCUT2D eigenvalue weighted by atomic mass is 10.0. The van der Waals surface area contributed by atoms with Crippen LogP contribution in [-0.4, -0.2) is 55.0 Å². The molecule has 0 aromatic heterocycles. The molecule has 3 aromatic rings. The Morgan fingerprint density at radius 3 is 1.60 bits per heavy atom. The number of nitrogens with one attached hydrogen (secondary N) is 3. The fourth-order valence-corrected chi connectivity index (χ4v) is 4.11. The highest BCUT2D eigenvalue weighted by atomic mass is 16.5. The number of rotatable bonds is 14. The molecule has 42 heavy (non-hydrogen) atoms. The zero-order valence-corrected chi connectivity index (χ0v) is 23.2. The molecule has 3 rings (SSSR count). The van der Waals surface area contributed by atoms with Crippen molar-refractivity contribution in [2.75, 3.05) is 7.11 Å². The average Bonchev–Trinajstić information content (AvgIpc) is 3.00. The second-order valence-corrected chi connectivity index (χ2v) is 9.45. The molecule has 0 heterocycles. The summed E-state index contributed by atoms with van der Waals surface area (Å²) in [7, 11) is 1.21. The molecule has 0 aliphatic heterocycles.